The maximum absolute atomic E-state index is 13.9. The first-order chi connectivity index (χ1) is 9.61. The summed E-state index contributed by atoms with van der Waals surface area (Å²) in [5.74, 6) is -1.26. The van der Waals surface area contributed by atoms with Crippen LogP contribution in [0.5, 0.6) is 5.88 Å². The van der Waals surface area contributed by atoms with Crippen molar-refractivity contribution < 1.29 is 40.5 Å². The summed E-state index contributed by atoms with van der Waals surface area (Å²) in [6.07, 6.45) is 1.14. The zero-order valence-corrected chi connectivity index (χ0v) is 12.8. The van der Waals surface area contributed by atoms with E-state index in [9.17, 15) is 14.3 Å². The number of H-pyrrole nitrogens is 1. The number of hydrogen-bond donors (Lipinski definition) is 2. The predicted molar refractivity (Wildman–Crippen MR) is 66.5 cm³/mol. The first kappa shape index (κ1) is 15.2. The van der Waals surface area contributed by atoms with E-state index >= 15 is 0 Å². The van der Waals surface area contributed by atoms with E-state index in [4.69, 9.17) is 5.26 Å². The molecule has 1 aromatic carbocycles. The molecule has 0 fully saturated rings. The van der Waals surface area contributed by atoms with E-state index in [2.05, 4.69) is 15.1 Å². The van der Waals surface area contributed by atoms with Gasteiger partial charge in [0.25, 0.3) is 5.56 Å². The number of nitrogens with zero attached hydrogens (tertiary/aromatic N) is 4. The SMILES string of the molecule is N#Cc1ccc(-c2c(O)n3ncnc3[nH]c2=O)c(F)c1.[H-].[Na+]. The zero-order valence-electron chi connectivity index (χ0n) is 11.8. The number of hydrogen-bond acceptors (Lipinski definition) is 5. The van der Waals surface area contributed by atoms with Gasteiger partial charge in [0.15, 0.2) is 0 Å². The number of rotatable bonds is 1. The van der Waals surface area contributed by atoms with Crippen molar-refractivity contribution in [3.8, 4) is 23.1 Å². The van der Waals surface area contributed by atoms with Gasteiger partial charge in [-0.3, -0.25) is 9.78 Å². The molecule has 0 aliphatic rings. The number of aromatic hydroxyl groups is 1. The molecule has 0 bridgehead atoms. The molecule has 0 spiro atoms. The van der Waals surface area contributed by atoms with Gasteiger partial charge in [-0.05, 0) is 18.2 Å². The molecule has 0 aliphatic heterocycles. The Morgan fingerprint density at radius 2 is 2.24 bits per heavy atom. The number of aromatic nitrogens is 4. The Morgan fingerprint density at radius 3 is 2.90 bits per heavy atom. The number of fused-ring (bicyclic) bond motifs is 1. The molecule has 2 N–H and O–H groups in total. The van der Waals surface area contributed by atoms with Crippen LogP contribution in [0, 0.1) is 17.1 Å². The van der Waals surface area contributed by atoms with Gasteiger partial charge in [-0.15, -0.1) is 0 Å². The molecule has 0 radical (unpaired) electrons. The van der Waals surface area contributed by atoms with Crippen molar-refractivity contribution >= 4 is 5.78 Å². The number of benzene rings is 1. The fourth-order valence-electron chi connectivity index (χ4n) is 1.88. The van der Waals surface area contributed by atoms with Crippen LogP contribution in [-0.2, 0) is 0 Å². The smallest absolute Gasteiger partial charge is 1.00 e. The fraction of sp³-hybridized carbons (Fsp3) is 0. The molecule has 2 aromatic heterocycles. The Kier molecular flexibility index (Phi) is 4.09. The van der Waals surface area contributed by atoms with Crippen molar-refractivity contribution in [1.29, 1.82) is 5.26 Å². The molecular formula is C12H7FN5NaO2. The van der Waals surface area contributed by atoms with Gasteiger partial charge in [0, 0.05) is 5.56 Å². The van der Waals surface area contributed by atoms with Gasteiger partial charge in [0.1, 0.15) is 17.7 Å². The van der Waals surface area contributed by atoms with Gasteiger partial charge in [0.2, 0.25) is 11.7 Å². The van der Waals surface area contributed by atoms with Crippen LogP contribution in [0.3, 0.4) is 0 Å². The van der Waals surface area contributed by atoms with Gasteiger partial charge >= 0.3 is 29.6 Å². The second kappa shape index (κ2) is 5.65. The van der Waals surface area contributed by atoms with Crippen molar-refractivity contribution in [1.82, 2.24) is 19.6 Å². The van der Waals surface area contributed by atoms with Crippen molar-refractivity contribution in [2.75, 3.05) is 0 Å². The quantitative estimate of drug-likeness (QED) is 0.501. The summed E-state index contributed by atoms with van der Waals surface area (Å²) in [5.41, 5.74) is -0.985. The van der Waals surface area contributed by atoms with Gasteiger partial charge in [-0.2, -0.15) is 19.9 Å². The maximum Gasteiger partial charge on any atom is 1.00 e. The van der Waals surface area contributed by atoms with E-state index in [0.29, 0.717) is 0 Å². The van der Waals surface area contributed by atoms with Crippen LogP contribution in [0.15, 0.2) is 29.3 Å². The molecule has 9 heteroatoms. The second-order valence-corrected chi connectivity index (χ2v) is 3.95. The predicted octanol–water partition coefficient (Wildman–Crippen LogP) is -2.08. The monoisotopic (exact) mass is 295 g/mol. The summed E-state index contributed by atoms with van der Waals surface area (Å²) < 4.78 is 14.9. The molecule has 0 saturated carbocycles. The third kappa shape index (κ3) is 2.42. The van der Waals surface area contributed by atoms with Crippen molar-refractivity contribution in [2.24, 2.45) is 0 Å². The summed E-state index contributed by atoms with van der Waals surface area (Å²) in [5, 5.41) is 22.4. The Hall–Kier alpha value is -2.21. The summed E-state index contributed by atoms with van der Waals surface area (Å²) in [7, 11) is 0. The topological polar surface area (TPSA) is 107 Å². The van der Waals surface area contributed by atoms with Gasteiger partial charge in [-0.1, -0.05) is 0 Å². The molecule has 0 aliphatic carbocycles. The average Bonchev–Trinajstić information content (AvgIpc) is 2.88. The third-order valence-corrected chi connectivity index (χ3v) is 2.79. The minimum atomic E-state index is -0.788. The fourth-order valence-corrected chi connectivity index (χ4v) is 1.88. The summed E-state index contributed by atoms with van der Waals surface area (Å²) in [4.78, 5) is 18.0. The largest absolute Gasteiger partial charge is 1.00 e. The number of nitrogens with one attached hydrogen (secondary N) is 1. The number of aromatic amines is 1. The first-order valence-electron chi connectivity index (χ1n) is 5.47. The van der Waals surface area contributed by atoms with E-state index in [1.807, 2.05) is 0 Å². The molecular weight excluding hydrogens is 288 g/mol. The molecule has 0 unspecified atom stereocenters. The Bertz CT molecular complexity index is 933. The van der Waals surface area contributed by atoms with E-state index < -0.39 is 17.3 Å². The molecule has 0 saturated heterocycles. The summed E-state index contributed by atoms with van der Waals surface area (Å²) in [6, 6.07) is 5.37. The number of halogens is 1. The van der Waals surface area contributed by atoms with E-state index in [1.54, 1.807) is 6.07 Å². The van der Waals surface area contributed by atoms with E-state index in [0.717, 1.165) is 16.9 Å². The maximum atomic E-state index is 13.9. The first-order valence-corrected chi connectivity index (χ1v) is 5.47. The zero-order chi connectivity index (χ0) is 14.3. The normalized spacial score (nSPS) is 10.1. The van der Waals surface area contributed by atoms with Crippen molar-refractivity contribution in [2.45, 2.75) is 0 Å². The van der Waals surface area contributed by atoms with Crippen LogP contribution in [0.2, 0.25) is 0 Å². The average molecular weight is 295 g/mol. The van der Waals surface area contributed by atoms with Gasteiger partial charge < -0.3 is 6.53 Å². The summed E-state index contributed by atoms with van der Waals surface area (Å²) in [6.45, 7) is 0. The molecule has 7 nitrogen and oxygen atoms in total. The molecule has 0 atom stereocenters. The molecule has 100 valence electrons. The third-order valence-electron chi connectivity index (χ3n) is 2.79. The van der Waals surface area contributed by atoms with Crippen LogP contribution in [0.1, 0.15) is 6.99 Å². The van der Waals surface area contributed by atoms with Crippen LogP contribution in [0.25, 0.3) is 16.9 Å². The van der Waals surface area contributed by atoms with Crippen molar-refractivity contribution in [3.05, 3.63) is 46.3 Å². The van der Waals surface area contributed by atoms with Crippen molar-refractivity contribution in [3.63, 3.8) is 0 Å². The molecule has 21 heavy (non-hydrogen) atoms. The second-order valence-electron chi connectivity index (χ2n) is 3.95. The molecule has 0 amide bonds. The van der Waals surface area contributed by atoms with E-state index in [1.165, 1.54) is 12.1 Å². The standard InChI is InChI=1S/C12H6FN5O2.Na.H/c13-8-3-6(4-14)1-2-7(8)9-10(19)17-12-15-5-16-18(12)11(9)20;;/h1-3,5,20H,(H,15,16,17,19);;/q;+1;-1. The van der Waals surface area contributed by atoms with Crippen LogP contribution in [0.4, 0.5) is 4.39 Å². The van der Waals surface area contributed by atoms with Gasteiger partial charge in [0.05, 0.1) is 11.6 Å². The minimum absolute atomic E-state index is 0. The molecule has 3 rings (SSSR count). The molecule has 3 aromatic rings. The Balaban J connectivity index is 0.00000121. The van der Waals surface area contributed by atoms with Gasteiger partial charge in [-0.25, -0.2) is 4.39 Å². The van der Waals surface area contributed by atoms with E-state index in [-0.39, 0.29) is 53.5 Å². The number of nitriles is 1. The minimum Gasteiger partial charge on any atom is -1.00 e. The Labute approximate surface area is 140 Å². The van der Waals surface area contributed by atoms with Crippen LogP contribution < -0.4 is 35.1 Å². The molecule has 2 heterocycles. The van der Waals surface area contributed by atoms with Crippen LogP contribution >= 0.6 is 0 Å². The Morgan fingerprint density at radius 1 is 1.48 bits per heavy atom. The summed E-state index contributed by atoms with van der Waals surface area (Å²) >= 11 is 0. The van der Waals surface area contributed by atoms with Crippen LogP contribution in [-0.4, -0.2) is 24.7 Å².